The van der Waals surface area contributed by atoms with Gasteiger partial charge in [-0.15, -0.1) is 0 Å². The molecule has 0 unspecified atom stereocenters. The molecule has 0 saturated carbocycles. The molecular formula is C18H21N3O3. The van der Waals surface area contributed by atoms with Crippen molar-refractivity contribution in [2.45, 2.75) is 13.3 Å². The van der Waals surface area contributed by atoms with Gasteiger partial charge in [0.25, 0.3) is 5.91 Å². The Hall–Kier alpha value is -2.73. The minimum Gasteiger partial charge on any atom is -0.385 e. The lowest BCUT2D eigenvalue weighted by Crippen LogP contribution is -2.13. The zero-order valence-corrected chi connectivity index (χ0v) is 13.8. The quantitative estimate of drug-likeness (QED) is 0.575. The molecule has 0 spiro atoms. The first-order chi connectivity index (χ1) is 11.6. The summed E-state index contributed by atoms with van der Waals surface area (Å²) in [4.78, 5) is 27.9. The lowest BCUT2D eigenvalue weighted by Gasteiger charge is -2.09. The summed E-state index contributed by atoms with van der Waals surface area (Å²) in [5.74, 6) is 0.340. The fourth-order valence-electron chi connectivity index (χ4n) is 2.12. The molecule has 1 aromatic carbocycles. The smallest absolute Gasteiger partial charge is 0.255 e. The number of benzene rings is 1. The van der Waals surface area contributed by atoms with E-state index in [9.17, 15) is 9.59 Å². The number of rotatable bonds is 8. The van der Waals surface area contributed by atoms with Crippen molar-refractivity contribution in [2.24, 2.45) is 0 Å². The van der Waals surface area contributed by atoms with Crippen molar-refractivity contribution in [3.63, 3.8) is 0 Å². The summed E-state index contributed by atoms with van der Waals surface area (Å²) in [5, 5.41) is 5.94. The SMILES string of the molecule is COCCCNc1cc(C(=O)Nc2cccc(C(C)=O)c2)ccn1. The Morgan fingerprint density at radius 2 is 2.00 bits per heavy atom. The maximum absolute atomic E-state index is 12.4. The third-order valence-corrected chi connectivity index (χ3v) is 3.38. The van der Waals surface area contributed by atoms with Gasteiger partial charge in [-0.25, -0.2) is 4.98 Å². The van der Waals surface area contributed by atoms with Crippen LogP contribution in [0.1, 0.15) is 34.1 Å². The average molecular weight is 327 g/mol. The average Bonchev–Trinajstić information content (AvgIpc) is 2.59. The molecule has 0 aliphatic carbocycles. The number of amides is 1. The first-order valence-corrected chi connectivity index (χ1v) is 7.71. The van der Waals surface area contributed by atoms with Crippen LogP contribution in [0.5, 0.6) is 0 Å². The summed E-state index contributed by atoms with van der Waals surface area (Å²) < 4.78 is 4.99. The Morgan fingerprint density at radius 3 is 2.75 bits per heavy atom. The summed E-state index contributed by atoms with van der Waals surface area (Å²) in [6.45, 7) is 2.87. The van der Waals surface area contributed by atoms with Crippen molar-refractivity contribution in [2.75, 3.05) is 30.9 Å². The highest BCUT2D eigenvalue weighted by molar-refractivity contribution is 6.05. The number of nitrogens with zero attached hydrogens (tertiary/aromatic N) is 1. The van der Waals surface area contributed by atoms with E-state index in [0.29, 0.717) is 35.8 Å². The van der Waals surface area contributed by atoms with Gasteiger partial charge in [-0.2, -0.15) is 0 Å². The van der Waals surface area contributed by atoms with E-state index in [-0.39, 0.29) is 11.7 Å². The van der Waals surface area contributed by atoms with Gasteiger partial charge in [0.05, 0.1) is 0 Å². The number of nitrogens with one attached hydrogen (secondary N) is 2. The zero-order valence-electron chi connectivity index (χ0n) is 13.8. The standard InChI is InChI=1S/C18H21N3O3/c1-13(22)14-5-3-6-16(11-14)21-18(23)15-7-9-20-17(12-15)19-8-4-10-24-2/h3,5-7,9,11-12H,4,8,10H2,1-2H3,(H,19,20)(H,21,23). The lowest BCUT2D eigenvalue weighted by molar-refractivity contribution is 0.101. The van der Waals surface area contributed by atoms with E-state index in [0.717, 1.165) is 6.42 Å². The van der Waals surface area contributed by atoms with Gasteiger partial charge in [-0.1, -0.05) is 12.1 Å². The van der Waals surface area contributed by atoms with Crippen molar-refractivity contribution < 1.29 is 14.3 Å². The third kappa shape index (κ3) is 5.17. The summed E-state index contributed by atoms with van der Waals surface area (Å²) >= 11 is 0. The Balaban J connectivity index is 2.01. The number of ketones is 1. The van der Waals surface area contributed by atoms with Gasteiger partial charge in [0.2, 0.25) is 0 Å². The van der Waals surface area contributed by atoms with E-state index in [1.54, 1.807) is 49.7 Å². The van der Waals surface area contributed by atoms with Gasteiger partial charge in [-0.05, 0) is 37.6 Å². The van der Waals surface area contributed by atoms with Gasteiger partial charge in [-0.3, -0.25) is 9.59 Å². The third-order valence-electron chi connectivity index (χ3n) is 3.38. The summed E-state index contributed by atoms with van der Waals surface area (Å²) in [6.07, 6.45) is 2.44. The number of methoxy groups -OCH3 is 1. The lowest BCUT2D eigenvalue weighted by atomic mass is 10.1. The number of carbonyl (C=O) groups excluding carboxylic acids is 2. The van der Waals surface area contributed by atoms with Gasteiger partial charge in [0.1, 0.15) is 5.82 Å². The number of aromatic nitrogens is 1. The van der Waals surface area contributed by atoms with E-state index in [1.807, 2.05) is 0 Å². The van der Waals surface area contributed by atoms with Crippen molar-refractivity contribution in [3.8, 4) is 0 Å². The Bertz CT molecular complexity index is 716. The molecule has 0 bridgehead atoms. The second-order valence-electron chi connectivity index (χ2n) is 5.29. The summed E-state index contributed by atoms with van der Waals surface area (Å²) in [5.41, 5.74) is 1.63. The number of Topliss-reactive ketones (excluding diaryl/α,β-unsaturated/α-hetero) is 1. The van der Waals surface area contributed by atoms with Crippen molar-refractivity contribution >= 4 is 23.2 Å². The minimum absolute atomic E-state index is 0.0439. The van der Waals surface area contributed by atoms with E-state index in [1.165, 1.54) is 6.92 Å². The van der Waals surface area contributed by atoms with E-state index < -0.39 is 0 Å². The molecule has 6 nitrogen and oxygen atoms in total. The molecule has 2 aromatic rings. The molecule has 0 fully saturated rings. The van der Waals surface area contributed by atoms with Gasteiger partial charge in [0.15, 0.2) is 5.78 Å². The Labute approximate surface area is 141 Å². The van der Waals surface area contributed by atoms with E-state index in [2.05, 4.69) is 15.6 Å². The van der Waals surface area contributed by atoms with Gasteiger partial charge in [0, 0.05) is 43.3 Å². The normalized spacial score (nSPS) is 10.2. The van der Waals surface area contributed by atoms with Crippen LogP contribution in [-0.2, 0) is 4.74 Å². The fourth-order valence-corrected chi connectivity index (χ4v) is 2.12. The monoisotopic (exact) mass is 327 g/mol. The second-order valence-corrected chi connectivity index (χ2v) is 5.29. The number of carbonyl (C=O) groups is 2. The van der Waals surface area contributed by atoms with E-state index >= 15 is 0 Å². The molecule has 0 aliphatic rings. The predicted octanol–water partition coefficient (Wildman–Crippen LogP) is 2.98. The topological polar surface area (TPSA) is 80.3 Å². The van der Waals surface area contributed by atoms with Crippen LogP contribution in [-0.4, -0.2) is 36.9 Å². The number of anilines is 2. The van der Waals surface area contributed by atoms with Crippen molar-refractivity contribution in [1.29, 1.82) is 0 Å². The van der Waals surface area contributed by atoms with E-state index in [4.69, 9.17) is 4.74 Å². The zero-order chi connectivity index (χ0) is 17.4. The summed E-state index contributed by atoms with van der Waals surface area (Å²) in [7, 11) is 1.66. The van der Waals surface area contributed by atoms with Crippen LogP contribution < -0.4 is 10.6 Å². The highest BCUT2D eigenvalue weighted by Crippen LogP contribution is 2.14. The first-order valence-electron chi connectivity index (χ1n) is 7.71. The highest BCUT2D eigenvalue weighted by atomic mass is 16.5. The molecule has 2 rings (SSSR count). The van der Waals surface area contributed by atoms with Crippen LogP contribution in [0.4, 0.5) is 11.5 Å². The molecule has 24 heavy (non-hydrogen) atoms. The number of pyridine rings is 1. The molecule has 1 aromatic heterocycles. The van der Waals surface area contributed by atoms with Crippen LogP contribution in [0.15, 0.2) is 42.6 Å². The molecule has 6 heteroatoms. The van der Waals surface area contributed by atoms with Gasteiger partial charge < -0.3 is 15.4 Å². The number of hydrogen-bond acceptors (Lipinski definition) is 5. The minimum atomic E-state index is -0.252. The maximum atomic E-state index is 12.4. The fraction of sp³-hybridized carbons (Fsp3) is 0.278. The number of hydrogen-bond donors (Lipinski definition) is 2. The van der Waals surface area contributed by atoms with Crippen LogP contribution in [0.2, 0.25) is 0 Å². The molecule has 0 radical (unpaired) electrons. The number of ether oxygens (including phenoxy) is 1. The van der Waals surface area contributed by atoms with Crippen LogP contribution >= 0.6 is 0 Å². The molecule has 126 valence electrons. The predicted molar refractivity (Wildman–Crippen MR) is 93.6 cm³/mol. The summed E-state index contributed by atoms with van der Waals surface area (Å²) in [6, 6.07) is 10.2. The second kappa shape index (κ2) is 8.79. The highest BCUT2D eigenvalue weighted by Gasteiger charge is 2.08. The van der Waals surface area contributed by atoms with Crippen molar-refractivity contribution in [1.82, 2.24) is 4.98 Å². The largest absolute Gasteiger partial charge is 0.385 e. The van der Waals surface area contributed by atoms with Crippen LogP contribution in [0, 0.1) is 0 Å². The van der Waals surface area contributed by atoms with Crippen LogP contribution in [0.25, 0.3) is 0 Å². The molecule has 0 saturated heterocycles. The molecule has 0 atom stereocenters. The first kappa shape index (κ1) is 17.6. The van der Waals surface area contributed by atoms with Crippen molar-refractivity contribution in [3.05, 3.63) is 53.7 Å². The molecule has 2 N–H and O–H groups in total. The molecule has 1 amide bonds. The molecule has 1 heterocycles. The van der Waals surface area contributed by atoms with Crippen LogP contribution in [0.3, 0.4) is 0 Å². The maximum Gasteiger partial charge on any atom is 0.255 e. The molecule has 0 aliphatic heterocycles. The van der Waals surface area contributed by atoms with Gasteiger partial charge >= 0.3 is 0 Å². The Kier molecular flexibility index (Phi) is 6.45. The molecular weight excluding hydrogens is 306 g/mol. The Morgan fingerprint density at radius 1 is 1.17 bits per heavy atom.